The monoisotopic (exact) mass is 879 g/mol. The van der Waals surface area contributed by atoms with Gasteiger partial charge in [-0.15, -0.1) is 0 Å². The van der Waals surface area contributed by atoms with E-state index in [-0.39, 0.29) is 70.6 Å². The van der Waals surface area contributed by atoms with Crippen LogP contribution in [-0.2, 0) is 40.8 Å². The summed E-state index contributed by atoms with van der Waals surface area (Å²) < 4.78 is 118. The molecular formula is C37H33ClF6N9O4PS. The van der Waals surface area contributed by atoms with Gasteiger partial charge in [0.15, 0.2) is 11.5 Å². The van der Waals surface area contributed by atoms with E-state index in [1.54, 1.807) is 26.6 Å². The molecule has 310 valence electrons. The molecule has 4 aromatic heterocycles. The molecule has 2 aliphatic rings. The van der Waals surface area contributed by atoms with Crippen molar-refractivity contribution in [3.63, 3.8) is 0 Å². The van der Waals surface area contributed by atoms with Crippen molar-refractivity contribution in [2.24, 2.45) is 13.0 Å². The lowest BCUT2D eigenvalue weighted by molar-refractivity contribution is -0.123. The van der Waals surface area contributed by atoms with E-state index in [4.69, 9.17) is 16.6 Å². The number of fused-ring (bicyclic) bond motifs is 5. The first-order valence-electron chi connectivity index (χ1n) is 18.0. The van der Waals surface area contributed by atoms with Crippen LogP contribution in [0.25, 0.3) is 27.6 Å². The molecular weight excluding hydrogens is 847 g/mol. The summed E-state index contributed by atoms with van der Waals surface area (Å²) in [5.41, 5.74) is -1.60. The number of benzene rings is 2. The van der Waals surface area contributed by atoms with Gasteiger partial charge in [0.2, 0.25) is 15.9 Å². The highest BCUT2D eigenvalue weighted by atomic mass is 35.5. The van der Waals surface area contributed by atoms with Crippen molar-refractivity contribution in [2.75, 3.05) is 17.0 Å². The largest absolute Gasteiger partial charge is 0.344 e. The number of carbonyl (C=O) groups excluding carboxylic acids is 1. The van der Waals surface area contributed by atoms with Crippen LogP contribution in [0.3, 0.4) is 0 Å². The summed E-state index contributed by atoms with van der Waals surface area (Å²) in [6, 6.07) is 5.59. The molecule has 8 rings (SSSR count). The number of anilines is 1. The Morgan fingerprint density at radius 2 is 1.78 bits per heavy atom. The molecule has 1 amide bonds. The van der Waals surface area contributed by atoms with Crippen LogP contribution in [0.1, 0.15) is 64.4 Å². The molecule has 22 heteroatoms. The number of halogens is 7. The number of carbonyl (C=O) groups is 1. The van der Waals surface area contributed by atoms with Crippen molar-refractivity contribution in [1.29, 1.82) is 0 Å². The Kier molecular flexibility index (Phi) is 9.86. The minimum Gasteiger partial charge on any atom is -0.344 e. The molecule has 1 unspecified atom stereocenters. The van der Waals surface area contributed by atoms with Crippen molar-refractivity contribution >= 4 is 64.0 Å². The topological polar surface area (TPSA) is 150 Å². The Balaban J connectivity index is 1.35. The number of pyridine rings is 1. The Hall–Kier alpha value is -5.07. The van der Waals surface area contributed by atoms with Gasteiger partial charge in [-0.1, -0.05) is 11.6 Å². The minimum atomic E-state index is -3.89. The lowest BCUT2D eigenvalue weighted by Gasteiger charge is -2.24. The van der Waals surface area contributed by atoms with Gasteiger partial charge in [-0.2, -0.15) is 19.0 Å². The summed E-state index contributed by atoms with van der Waals surface area (Å²) in [6.45, 7) is 3.96. The molecule has 1 saturated carbocycles. The molecule has 0 spiro atoms. The fourth-order valence-corrected chi connectivity index (χ4v) is 10.6. The molecule has 2 aliphatic carbocycles. The highest BCUT2D eigenvalue weighted by Gasteiger charge is 2.67. The Morgan fingerprint density at radius 1 is 1.08 bits per heavy atom. The van der Waals surface area contributed by atoms with Gasteiger partial charge < -0.3 is 5.32 Å². The van der Waals surface area contributed by atoms with Gasteiger partial charge in [0.25, 0.3) is 17.9 Å². The van der Waals surface area contributed by atoms with Crippen molar-refractivity contribution in [3.05, 3.63) is 103 Å². The van der Waals surface area contributed by atoms with Gasteiger partial charge in [0, 0.05) is 36.7 Å². The summed E-state index contributed by atoms with van der Waals surface area (Å²) >= 11 is 6.72. The standard InChI is InChI=1S/C37H33ClF6N9O4PS/c1-15-8-16(2)45-33-26(15)36(55)52(24-7-6-22(38)28-30(24)50(3)49-35(28)53(58-4)59(5,56)57)34(47-33)23(11-17-9-18(39)12-19(40)10-17)46-25(54)14-51-31-27(29(48-51)32(41)42)20-13-21(20)37(31,43)44/h6-10,12,20-21,23,32,58H,11,13-14H2,1-5H3,(H,46,54)/t20-,21+,23-/m0/s1. The predicted molar refractivity (Wildman–Crippen MR) is 208 cm³/mol. The first-order chi connectivity index (χ1) is 27.7. The zero-order valence-electron chi connectivity index (χ0n) is 31.7. The smallest absolute Gasteiger partial charge is 0.293 e. The number of alkyl halides is 4. The summed E-state index contributed by atoms with van der Waals surface area (Å²) in [6.07, 6.45) is -2.65. The average Bonchev–Trinajstić information content (AvgIpc) is 3.65. The molecule has 4 atom stereocenters. The Labute approximate surface area is 338 Å². The van der Waals surface area contributed by atoms with Crippen LogP contribution in [0.2, 0.25) is 5.02 Å². The zero-order chi connectivity index (χ0) is 42.6. The van der Waals surface area contributed by atoms with Gasteiger partial charge in [0.1, 0.15) is 35.4 Å². The molecule has 13 nitrogen and oxygen atoms in total. The van der Waals surface area contributed by atoms with Gasteiger partial charge in [0.05, 0.1) is 39.3 Å². The van der Waals surface area contributed by atoms with Crippen molar-refractivity contribution in [3.8, 4) is 5.69 Å². The number of hydrogen-bond donors (Lipinski definition) is 1. The highest BCUT2D eigenvalue weighted by molar-refractivity contribution is 7.97. The first-order valence-corrected chi connectivity index (χ1v) is 21.6. The molecule has 0 aliphatic heterocycles. The minimum absolute atomic E-state index is 0.00324. The fraction of sp³-hybridized carbons (Fsp3) is 0.351. The van der Waals surface area contributed by atoms with Crippen LogP contribution in [0.5, 0.6) is 0 Å². The van der Waals surface area contributed by atoms with E-state index in [1.165, 1.54) is 23.9 Å². The van der Waals surface area contributed by atoms with Gasteiger partial charge in [-0.3, -0.25) is 23.5 Å². The molecule has 0 bridgehead atoms. The Morgan fingerprint density at radius 3 is 2.42 bits per heavy atom. The Bertz CT molecular complexity index is 2920. The molecule has 4 heterocycles. The molecule has 1 fully saturated rings. The average molecular weight is 880 g/mol. The van der Waals surface area contributed by atoms with E-state index in [2.05, 4.69) is 20.5 Å². The number of hydrogen-bond acceptors (Lipinski definition) is 8. The third-order valence-corrected chi connectivity index (χ3v) is 13.8. The van der Waals surface area contributed by atoms with E-state index in [0.717, 1.165) is 27.0 Å². The van der Waals surface area contributed by atoms with E-state index < -0.39 is 87.7 Å². The number of aromatic nitrogens is 7. The van der Waals surface area contributed by atoms with Crippen molar-refractivity contribution in [2.45, 2.75) is 57.5 Å². The molecule has 1 N–H and O–H groups in total. The van der Waals surface area contributed by atoms with Crippen molar-refractivity contribution < 1.29 is 39.6 Å². The number of aryl methyl sites for hydroxylation is 3. The molecule has 59 heavy (non-hydrogen) atoms. The van der Waals surface area contributed by atoms with Gasteiger partial charge >= 0.3 is 0 Å². The lowest BCUT2D eigenvalue weighted by Crippen LogP contribution is -2.38. The molecule has 2 aromatic carbocycles. The number of amides is 1. The van der Waals surface area contributed by atoms with Gasteiger partial charge in [-0.05, 0) is 83.0 Å². The number of sulfonamides is 1. The maximum absolute atomic E-state index is 15.5. The fourth-order valence-electron chi connectivity index (χ4n) is 8.22. The van der Waals surface area contributed by atoms with E-state index in [9.17, 15) is 35.6 Å². The van der Waals surface area contributed by atoms with Crippen LogP contribution in [-0.4, -0.2) is 61.3 Å². The van der Waals surface area contributed by atoms with Crippen LogP contribution in [0.15, 0.2) is 41.2 Å². The summed E-state index contributed by atoms with van der Waals surface area (Å²) in [4.78, 5) is 38.2. The zero-order valence-corrected chi connectivity index (χ0v) is 34.2. The predicted octanol–water partition coefficient (Wildman–Crippen LogP) is 6.65. The van der Waals surface area contributed by atoms with Gasteiger partial charge in [-0.25, -0.2) is 40.0 Å². The maximum atomic E-state index is 15.5. The van der Waals surface area contributed by atoms with Crippen LogP contribution in [0, 0.1) is 31.4 Å². The highest BCUT2D eigenvalue weighted by Crippen LogP contribution is 2.68. The quantitative estimate of drug-likeness (QED) is 0.112. The van der Waals surface area contributed by atoms with Crippen molar-refractivity contribution in [1.82, 2.24) is 39.4 Å². The maximum Gasteiger partial charge on any atom is 0.293 e. The molecule has 6 aromatic rings. The third kappa shape index (κ3) is 6.82. The number of nitrogens with one attached hydrogen (secondary N) is 1. The lowest BCUT2D eigenvalue weighted by atomic mass is 10.0. The SMILES string of the molecule is CPN(c1nn(C)c2c(-n3c([C@H](Cc4cc(F)cc(F)c4)NC(=O)Cn4nc(C(F)F)c5c4C(F)(F)[C@@H]4C[C@H]54)nc4nc(C)cc(C)c4c3=O)ccc(Cl)c12)S(C)(=O)=O. The van der Waals surface area contributed by atoms with E-state index in [1.807, 2.05) is 0 Å². The van der Waals surface area contributed by atoms with E-state index >= 15 is 8.78 Å². The van der Waals surface area contributed by atoms with Crippen LogP contribution >= 0.6 is 20.3 Å². The molecule has 0 radical (unpaired) electrons. The summed E-state index contributed by atoms with van der Waals surface area (Å²) in [5.74, 6) is -8.83. The second-order valence-corrected chi connectivity index (χ2v) is 18.1. The molecule has 0 saturated heterocycles. The van der Waals surface area contributed by atoms with Crippen LogP contribution in [0.4, 0.5) is 32.2 Å². The number of nitrogens with zero attached hydrogens (tertiary/aromatic N) is 8. The normalized spacial score (nSPS) is 17.6. The third-order valence-electron chi connectivity index (χ3n) is 10.5. The first kappa shape index (κ1) is 40.7. The van der Waals surface area contributed by atoms with E-state index in [0.29, 0.717) is 22.0 Å². The second kappa shape index (κ2) is 14.3. The van der Waals surface area contributed by atoms with Crippen LogP contribution < -0.4 is 15.0 Å². The second-order valence-electron chi connectivity index (χ2n) is 14.7. The number of rotatable bonds is 11. The summed E-state index contributed by atoms with van der Waals surface area (Å²) in [7, 11) is -2.72. The summed E-state index contributed by atoms with van der Waals surface area (Å²) in [5, 5.41) is 11.1.